The van der Waals surface area contributed by atoms with E-state index in [4.69, 9.17) is 16.6 Å². The van der Waals surface area contributed by atoms with Gasteiger partial charge in [0.1, 0.15) is 0 Å². The number of rotatable bonds is 4. The Labute approximate surface area is 192 Å². The largest absolute Gasteiger partial charge is 0.368 e. The van der Waals surface area contributed by atoms with Crippen molar-refractivity contribution in [2.75, 3.05) is 36.0 Å². The van der Waals surface area contributed by atoms with Gasteiger partial charge in [0.05, 0.1) is 16.6 Å². The van der Waals surface area contributed by atoms with E-state index in [9.17, 15) is 4.79 Å². The van der Waals surface area contributed by atoms with Crippen molar-refractivity contribution in [1.82, 2.24) is 9.55 Å². The number of hydrogen-bond acceptors (Lipinski definition) is 4. The van der Waals surface area contributed by atoms with Crippen molar-refractivity contribution in [3.8, 4) is 5.69 Å². The van der Waals surface area contributed by atoms with Gasteiger partial charge >= 0.3 is 0 Å². The van der Waals surface area contributed by atoms with Crippen LogP contribution < -0.4 is 15.4 Å². The maximum atomic E-state index is 13.5. The second-order valence-electron chi connectivity index (χ2n) is 8.04. The van der Waals surface area contributed by atoms with Crippen molar-refractivity contribution in [3.05, 3.63) is 93.7 Å². The fraction of sp³-hybridized carbons (Fsp3) is 0.231. The summed E-state index contributed by atoms with van der Waals surface area (Å²) in [6.45, 7) is 5.33. The summed E-state index contributed by atoms with van der Waals surface area (Å²) in [6, 6.07) is 23.7. The molecule has 1 saturated heterocycles. The molecule has 1 fully saturated rings. The molecule has 0 amide bonds. The van der Waals surface area contributed by atoms with Crippen LogP contribution in [0.1, 0.15) is 12.5 Å². The predicted molar refractivity (Wildman–Crippen MR) is 133 cm³/mol. The molecule has 6 heteroatoms. The lowest BCUT2D eigenvalue weighted by molar-refractivity contribution is 0.632. The molecule has 5 nitrogen and oxygen atoms in total. The number of fused-ring (bicyclic) bond motifs is 1. The third-order valence-electron chi connectivity index (χ3n) is 6.10. The molecule has 4 aromatic rings. The monoisotopic (exact) mass is 444 g/mol. The summed E-state index contributed by atoms with van der Waals surface area (Å²) >= 11 is 6.19. The van der Waals surface area contributed by atoms with Gasteiger partial charge in [0.2, 0.25) is 5.95 Å². The summed E-state index contributed by atoms with van der Waals surface area (Å²) in [5.41, 5.74) is 3.90. The van der Waals surface area contributed by atoms with E-state index in [0.717, 1.165) is 54.5 Å². The first-order valence-electron chi connectivity index (χ1n) is 11.0. The minimum atomic E-state index is -0.0351. The Morgan fingerprint density at radius 1 is 0.844 bits per heavy atom. The Morgan fingerprint density at radius 3 is 2.28 bits per heavy atom. The molecule has 0 bridgehead atoms. The van der Waals surface area contributed by atoms with Crippen LogP contribution in [0, 0.1) is 0 Å². The van der Waals surface area contributed by atoms with E-state index in [1.54, 1.807) is 4.57 Å². The van der Waals surface area contributed by atoms with Gasteiger partial charge < -0.3 is 9.80 Å². The number of para-hydroxylation sites is 1. The maximum Gasteiger partial charge on any atom is 0.267 e. The van der Waals surface area contributed by atoms with Crippen molar-refractivity contribution in [2.45, 2.75) is 13.3 Å². The van der Waals surface area contributed by atoms with Gasteiger partial charge in [0.15, 0.2) is 0 Å². The number of halogens is 1. The molecular weight excluding hydrogens is 420 g/mol. The van der Waals surface area contributed by atoms with E-state index in [-0.39, 0.29) is 5.56 Å². The topological polar surface area (TPSA) is 41.4 Å². The maximum absolute atomic E-state index is 13.5. The molecule has 1 aromatic heterocycles. The van der Waals surface area contributed by atoms with E-state index < -0.39 is 0 Å². The lowest BCUT2D eigenvalue weighted by Gasteiger charge is -2.37. The first-order valence-corrected chi connectivity index (χ1v) is 11.4. The first-order chi connectivity index (χ1) is 15.6. The van der Waals surface area contributed by atoms with Crippen LogP contribution in [0.5, 0.6) is 0 Å². The highest BCUT2D eigenvalue weighted by Gasteiger charge is 2.23. The molecular formula is C26H25ClN4O. The highest BCUT2D eigenvalue weighted by molar-refractivity contribution is 6.30. The molecule has 5 rings (SSSR count). The smallest absolute Gasteiger partial charge is 0.267 e. The summed E-state index contributed by atoms with van der Waals surface area (Å²) in [6.07, 6.45) is 0.962. The summed E-state index contributed by atoms with van der Waals surface area (Å²) in [7, 11) is 0. The van der Waals surface area contributed by atoms with Crippen LogP contribution in [0.3, 0.4) is 0 Å². The van der Waals surface area contributed by atoms with Crippen molar-refractivity contribution in [3.63, 3.8) is 0 Å². The van der Waals surface area contributed by atoms with Gasteiger partial charge in [-0.3, -0.25) is 4.79 Å². The molecule has 0 N–H and O–H groups in total. The van der Waals surface area contributed by atoms with Crippen LogP contribution in [-0.4, -0.2) is 35.7 Å². The molecule has 2 heterocycles. The summed E-state index contributed by atoms with van der Waals surface area (Å²) in [5, 5.41) is 1.37. The van der Waals surface area contributed by atoms with Crippen molar-refractivity contribution < 1.29 is 0 Å². The molecule has 32 heavy (non-hydrogen) atoms. The van der Waals surface area contributed by atoms with Crippen molar-refractivity contribution in [2.24, 2.45) is 0 Å². The van der Waals surface area contributed by atoms with E-state index in [0.29, 0.717) is 11.3 Å². The number of aromatic nitrogens is 2. The molecule has 0 spiro atoms. The summed E-state index contributed by atoms with van der Waals surface area (Å²) in [5.74, 6) is 0.698. The molecule has 1 aliphatic heterocycles. The Balaban J connectivity index is 1.53. The molecule has 0 radical (unpaired) electrons. The van der Waals surface area contributed by atoms with Crippen LogP contribution in [-0.2, 0) is 6.42 Å². The van der Waals surface area contributed by atoms with Crippen molar-refractivity contribution in [1.29, 1.82) is 0 Å². The van der Waals surface area contributed by atoms with E-state index in [2.05, 4.69) is 34.9 Å². The summed E-state index contributed by atoms with van der Waals surface area (Å²) in [4.78, 5) is 23.0. The molecule has 3 aromatic carbocycles. The lowest BCUT2D eigenvalue weighted by atomic mass is 10.1. The standard InChI is InChI=1S/C26H25ClN4O/c1-2-19-10-12-21(13-11-19)31-25(32)23-8-3-4-9-24(23)28-26(31)30-16-14-29(15-17-30)22-7-5-6-20(27)18-22/h3-13,18H,2,14-17H2,1H3. The quantitative estimate of drug-likeness (QED) is 0.447. The highest BCUT2D eigenvalue weighted by Crippen LogP contribution is 2.24. The van der Waals surface area contributed by atoms with Crippen LogP contribution in [0.4, 0.5) is 11.6 Å². The molecule has 162 valence electrons. The van der Waals surface area contributed by atoms with Gasteiger partial charge in [-0.25, -0.2) is 9.55 Å². The van der Waals surface area contributed by atoms with Gasteiger partial charge in [-0.2, -0.15) is 0 Å². The van der Waals surface area contributed by atoms with Crippen LogP contribution >= 0.6 is 11.6 Å². The number of anilines is 2. The molecule has 0 unspecified atom stereocenters. The zero-order chi connectivity index (χ0) is 22.1. The third-order valence-corrected chi connectivity index (χ3v) is 6.33. The minimum Gasteiger partial charge on any atom is -0.368 e. The van der Waals surface area contributed by atoms with Crippen LogP contribution in [0.2, 0.25) is 5.02 Å². The summed E-state index contributed by atoms with van der Waals surface area (Å²) < 4.78 is 1.76. The zero-order valence-electron chi connectivity index (χ0n) is 18.0. The normalized spacial score (nSPS) is 14.2. The Kier molecular flexibility index (Phi) is 5.58. The van der Waals surface area contributed by atoms with Gasteiger partial charge in [-0.1, -0.05) is 48.9 Å². The number of hydrogen-bond donors (Lipinski definition) is 0. The van der Waals surface area contributed by atoms with Crippen LogP contribution in [0.25, 0.3) is 16.6 Å². The molecule has 0 atom stereocenters. The number of piperazine rings is 1. The zero-order valence-corrected chi connectivity index (χ0v) is 18.8. The SMILES string of the molecule is CCc1ccc(-n2c(N3CCN(c4cccc(Cl)c4)CC3)nc3ccccc3c2=O)cc1. The van der Waals surface area contributed by atoms with Gasteiger partial charge in [-0.15, -0.1) is 0 Å². The van der Waals surface area contributed by atoms with E-state index in [1.165, 1.54) is 5.56 Å². The fourth-order valence-electron chi connectivity index (χ4n) is 4.28. The fourth-order valence-corrected chi connectivity index (χ4v) is 4.47. The predicted octanol–water partition coefficient (Wildman–Crippen LogP) is 4.93. The Bertz CT molecular complexity index is 1310. The average Bonchev–Trinajstić information content (AvgIpc) is 2.84. The second-order valence-corrected chi connectivity index (χ2v) is 8.48. The van der Waals surface area contributed by atoms with Crippen LogP contribution in [0.15, 0.2) is 77.6 Å². The van der Waals surface area contributed by atoms with E-state index >= 15 is 0 Å². The Morgan fingerprint density at radius 2 is 1.56 bits per heavy atom. The van der Waals surface area contributed by atoms with E-state index in [1.807, 2.05) is 54.6 Å². The number of aryl methyl sites for hydroxylation is 1. The second kappa shape index (κ2) is 8.67. The molecule has 0 saturated carbocycles. The molecule has 0 aliphatic carbocycles. The first kappa shape index (κ1) is 20.6. The number of nitrogens with zero attached hydrogens (tertiary/aromatic N) is 4. The Hall–Kier alpha value is -3.31. The average molecular weight is 445 g/mol. The third kappa shape index (κ3) is 3.84. The highest BCUT2D eigenvalue weighted by atomic mass is 35.5. The minimum absolute atomic E-state index is 0.0351. The van der Waals surface area contributed by atoms with Crippen molar-refractivity contribution >= 4 is 34.1 Å². The van der Waals surface area contributed by atoms with Gasteiger partial charge in [0, 0.05) is 36.9 Å². The van der Waals surface area contributed by atoms with Gasteiger partial charge in [0.25, 0.3) is 5.56 Å². The lowest BCUT2D eigenvalue weighted by Crippen LogP contribution is -2.48. The van der Waals surface area contributed by atoms with Gasteiger partial charge in [-0.05, 0) is 54.4 Å². The molecule has 1 aliphatic rings. The number of benzene rings is 3.